The molecule has 1 aliphatic heterocycles. The molecule has 1 aliphatic rings. The zero-order valence-corrected chi connectivity index (χ0v) is 11.7. The number of nitrogens with one attached hydrogen (secondary N) is 1. The molecule has 0 amide bonds. The highest BCUT2D eigenvalue weighted by molar-refractivity contribution is 9.10. The second-order valence-corrected chi connectivity index (χ2v) is 5.55. The Morgan fingerprint density at radius 2 is 1.88 bits per heavy atom. The van der Waals surface area contributed by atoms with Gasteiger partial charge in [-0.2, -0.15) is 0 Å². The molecule has 2 rings (SSSR count). The van der Waals surface area contributed by atoms with Crippen LogP contribution in [0.25, 0.3) is 0 Å². The molecule has 0 radical (unpaired) electrons. The maximum Gasteiger partial charge on any atom is 0.0389 e. The van der Waals surface area contributed by atoms with Crippen LogP contribution in [0, 0.1) is 6.92 Å². The van der Waals surface area contributed by atoms with Gasteiger partial charge in [0.2, 0.25) is 0 Å². The molecule has 0 aromatic heterocycles. The molecule has 3 heteroatoms. The first kappa shape index (κ1) is 11.9. The standard InChI is InChI=1S/C13H19BrN2/c1-9-4-5-12(6-13(9)14)16-10(2)7-15-8-11(16)3/h4-6,10-11,15H,7-8H2,1-3H3. The summed E-state index contributed by atoms with van der Waals surface area (Å²) in [6.07, 6.45) is 0. The Balaban J connectivity index is 2.30. The van der Waals surface area contributed by atoms with E-state index in [4.69, 9.17) is 0 Å². The predicted molar refractivity (Wildman–Crippen MR) is 73.2 cm³/mol. The molecular weight excluding hydrogens is 264 g/mol. The molecule has 16 heavy (non-hydrogen) atoms. The van der Waals surface area contributed by atoms with Gasteiger partial charge in [-0.3, -0.25) is 0 Å². The highest BCUT2D eigenvalue weighted by Gasteiger charge is 2.24. The van der Waals surface area contributed by atoms with Gasteiger partial charge in [-0.15, -0.1) is 0 Å². The summed E-state index contributed by atoms with van der Waals surface area (Å²) in [7, 11) is 0. The topological polar surface area (TPSA) is 15.3 Å². The highest BCUT2D eigenvalue weighted by Crippen LogP contribution is 2.27. The Hall–Kier alpha value is -0.540. The number of aryl methyl sites for hydroxylation is 1. The van der Waals surface area contributed by atoms with Crippen LogP contribution in [0.4, 0.5) is 5.69 Å². The molecule has 2 unspecified atom stereocenters. The van der Waals surface area contributed by atoms with Crippen molar-refractivity contribution in [3.63, 3.8) is 0 Å². The molecule has 0 spiro atoms. The van der Waals surface area contributed by atoms with Crippen LogP contribution in [0.1, 0.15) is 19.4 Å². The second kappa shape index (κ2) is 4.76. The van der Waals surface area contributed by atoms with Gasteiger partial charge in [-0.1, -0.05) is 22.0 Å². The third-order valence-electron chi connectivity index (χ3n) is 3.28. The first-order valence-corrected chi connectivity index (χ1v) is 6.64. The Morgan fingerprint density at radius 3 is 2.44 bits per heavy atom. The number of anilines is 1. The van der Waals surface area contributed by atoms with Crippen LogP contribution in [-0.2, 0) is 0 Å². The lowest BCUT2D eigenvalue weighted by atomic mass is 10.1. The van der Waals surface area contributed by atoms with Gasteiger partial charge < -0.3 is 10.2 Å². The van der Waals surface area contributed by atoms with E-state index in [-0.39, 0.29) is 0 Å². The minimum atomic E-state index is 0.554. The number of nitrogens with zero attached hydrogens (tertiary/aromatic N) is 1. The zero-order valence-electron chi connectivity index (χ0n) is 10.1. The Kier molecular flexibility index (Phi) is 3.55. The van der Waals surface area contributed by atoms with E-state index in [1.54, 1.807) is 0 Å². The monoisotopic (exact) mass is 282 g/mol. The summed E-state index contributed by atoms with van der Waals surface area (Å²) in [5, 5.41) is 3.46. The van der Waals surface area contributed by atoms with Crippen molar-refractivity contribution in [3.05, 3.63) is 28.2 Å². The summed E-state index contributed by atoms with van der Waals surface area (Å²) < 4.78 is 1.20. The van der Waals surface area contributed by atoms with Crippen molar-refractivity contribution < 1.29 is 0 Å². The summed E-state index contributed by atoms with van der Waals surface area (Å²) in [6, 6.07) is 7.74. The van der Waals surface area contributed by atoms with Gasteiger partial charge in [0.15, 0.2) is 0 Å². The first-order chi connectivity index (χ1) is 7.59. The second-order valence-electron chi connectivity index (χ2n) is 4.70. The van der Waals surface area contributed by atoms with Crippen molar-refractivity contribution in [2.45, 2.75) is 32.9 Å². The number of hydrogen-bond donors (Lipinski definition) is 1. The largest absolute Gasteiger partial charge is 0.364 e. The smallest absolute Gasteiger partial charge is 0.0389 e. The zero-order chi connectivity index (χ0) is 11.7. The van der Waals surface area contributed by atoms with Gasteiger partial charge in [0.1, 0.15) is 0 Å². The third kappa shape index (κ3) is 2.25. The van der Waals surface area contributed by atoms with E-state index in [1.165, 1.54) is 15.7 Å². The summed E-state index contributed by atoms with van der Waals surface area (Å²) in [5.74, 6) is 0. The van der Waals surface area contributed by atoms with Crippen molar-refractivity contribution in [2.24, 2.45) is 0 Å². The van der Waals surface area contributed by atoms with E-state index < -0.39 is 0 Å². The van der Waals surface area contributed by atoms with Gasteiger partial charge in [0.25, 0.3) is 0 Å². The Morgan fingerprint density at radius 1 is 1.25 bits per heavy atom. The number of benzene rings is 1. The van der Waals surface area contributed by atoms with Crippen LogP contribution < -0.4 is 10.2 Å². The fourth-order valence-electron chi connectivity index (χ4n) is 2.38. The number of piperazine rings is 1. The molecular formula is C13H19BrN2. The molecule has 1 fully saturated rings. The van der Waals surface area contributed by atoms with Gasteiger partial charge in [-0.25, -0.2) is 0 Å². The lowest BCUT2D eigenvalue weighted by Gasteiger charge is -2.41. The number of halogens is 1. The number of rotatable bonds is 1. The van der Waals surface area contributed by atoms with E-state index in [9.17, 15) is 0 Å². The molecule has 1 N–H and O–H groups in total. The molecule has 88 valence electrons. The molecule has 2 atom stereocenters. The first-order valence-electron chi connectivity index (χ1n) is 5.85. The summed E-state index contributed by atoms with van der Waals surface area (Å²) in [5.41, 5.74) is 2.61. The summed E-state index contributed by atoms with van der Waals surface area (Å²) >= 11 is 3.61. The van der Waals surface area contributed by atoms with Crippen LogP contribution in [-0.4, -0.2) is 25.2 Å². The van der Waals surface area contributed by atoms with E-state index in [2.05, 4.69) is 65.1 Å². The normalized spacial score (nSPS) is 25.9. The fourth-order valence-corrected chi connectivity index (χ4v) is 2.75. The van der Waals surface area contributed by atoms with Crippen molar-refractivity contribution in [1.82, 2.24) is 5.32 Å². The van der Waals surface area contributed by atoms with Crippen molar-refractivity contribution in [2.75, 3.05) is 18.0 Å². The van der Waals surface area contributed by atoms with Gasteiger partial charge in [-0.05, 0) is 38.5 Å². The van der Waals surface area contributed by atoms with Gasteiger partial charge >= 0.3 is 0 Å². The maximum atomic E-state index is 3.61. The molecule has 0 aliphatic carbocycles. The molecule has 0 saturated carbocycles. The lowest BCUT2D eigenvalue weighted by molar-refractivity contribution is 0.432. The maximum absolute atomic E-state index is 3.61. The minimum absolute atomic E-state index is 0.554. The fraction of sp³-hybridized carbons (Fsp3) is 0.538. The highest BCUT2D eigenvalue weighted by atomic mass is 79.9. The average molecular weight is 283 g/mol. The third-order valence-corrected chi connectivity index (χ3v) is 4.14. The van der Waals surface area contributed by atoms with Crippen LogP contribution >= 0.6 is 15.9 Å². The van der Waals surface area contributed by atoms with Gasteiger partial charge in [0.05, 0.1) is 0 Å². The Bertz CT molecular complexity index is 368. The van der Waals surface area contributed by atoms with E-state index in [0.29, 0.717) is 12.1 Å². The summed E-state index contributed by atoms with van der Waals surface area (Å²) in [6.45, 7) is 8.80. The summed E-state index contributed by atoms with van der Waals surface area (Å²) in [4.78, 5) is 2.50. The van der Waals surface area contributed by atoms with Gasteiger partial charge in [0, 0.05) is 35.3 Å². The van der Waals surface area contributed by atoms with Crippen LogP contribution in [0.5, 0.6) is 0 Å². The van der Waals surface area contributed by atoms with Crippen LogP contribution in [0.3, 0.4) is 0 Å². The van der Waals surface area contributed by atoms with Crippen molar-refractivity contribution in [1.29, 1.82) is 0 Å². The van der Waals surface area contributed by atoms with Crippen molar-refractivity contribution in [3.8, 4) is 0 Å². The Labute approximate surface area is 106 Å². The van der Waals surface area contributed by atoms with Crippen LogP contribution in [0.2, 0.25) is 0 Å². The van der Waals surface area contributed by atoms with E-state index in [1.807, 2.05) is 0 Å². The molecule has 2 nitrogen and oxygen atoms in total. The molecule has 1 saturated heterocycles. The molecule has 1 aromatic rings. The van der Waals surface area contributed by atoms with E-state index in [0.717, 1.165) is 13.1 Å². The SMILES string of the molecule is Cc1ccc(N2C(C)CNCC2C)cc1Br. The molecule has 0 bridgehead atoms. The lowest BCUT2D eigenvalue weighted by Crippen LogP contribution is -2.55. The molecule has 1 heterocycles. The van der Waals surface area contributed by atoms with Crippen molar-refractivity contribution >= 4 is 21.6 Å². The average Bonchev–Trinajstić information content (AvgIpc) is 2.23. The van der Waals surface area contributed by atoms with E-state index >= 15 is 0 Å². The molecule has 1 aromatic carbocycles. The quantitative estimate of drug-likeness (QED) is 0.852. The number of hydrogen-bond acceptors (Lipinski definition) is 2. The predicted octanol–water partition coefficient (Wildman–Crippen LogP) is 2.94. The minimum Gasteiger partial charge on any atom is -0.364 e. The van der Waals surface area contributed by atoms with Crippen LogP contribution in [0.15, 0.2) is 22.7 Å².